The van der Waals surface area contributed by atoms with E-state index in [1.54, 1.807) is 11.9 Å². The summed E-state index contributed by atoms with van der Waals surface area (Å²) in [6.45, 7) is 4.39. The molecule has 0 radical (unpaired) electrons. The van der Waals surface area contributed by atoms with E-state index in [0.29, 0.717) is 0 Å². The molecule has 1 fully saturated rings. The molecule has 0 aliphatic carbocycles. The average Bonchev–Trinajstić information content (AvgIpc) is 2.42. The van der Waals surface area contributed by atoms with Crippen LogP contribution in [0.25, 0.3) is 0 Å². The Balaban J connectivity index is 2.77. The lowest BCUT2D eigenvalue weighted by atomic mass is 10.1. The monoisotopic (exact) mass is 228 g/mol. The summed E-state index contributed by atoms with van der Waals surface area (Å²) in [7, 11) is 3.13. The Labute approximate surface area is 96.3 Å². The summed E-state index contributed by atoms with van der Waals surface area (Å²) < 4.78 is 4.63. The molecule has 16 heavy (non-hydrogen) atoms. The van der Waals surface area contributed by atoms with Crippen molar-refractivity contribution in [2.45, 2.75) is 25.8 Å². The van der Waals surface area contributed by atoms with E-state index < -0.39 is 0 Å². The lowest BCUT2D eigenvalue weighted by molar-refractivity contribution is -0.146. The number of carbonyl (C=O) groups excluding carboxylic acids is 2. The van der Waals surface area contributed by atoms with Crippen molar-refractivity contribution < 1.29 is 14.3 Å². The minimum atomic E-state index is -0.357. The SMILES string of the molecule is CCN1CCCN(C)C(=O)C1CC(=O)OC. The second-order valence-corrected chi connectivity index (χ2v) is 4.04. The van der Waals surface area contributed by atoms with Gasteiger partial charge in [-0.1, -0.05) is 6.92 Å². The van der Waals surface area contributed by atoms with Gasteiger partial charge in [0, 0.05) is 20.1 Å². The van der Waals surface area contributed by atoms with Crippen LogP contribution >= 0.6 is 0 Å². The first-order chi connectivity index (χ1) is 7.60. The van der Waals surface area contributed by atoms with Crippen LogP contribution in [0.1, 0.15) is 19.8 Å². The van der Waals surface area contributed by atoms with Crippen molar-refractivity contribution in [2.75, 3.05) is 33.8 Å². The van der Waals surface area contributed by atoms with Gasteiger partial charge in [-0.2, -0.15) is 0 Å². The van der Waals surface area contributed by atoms with Crippen LogP contribution in [-0.2, 0) is 14.3 Å². The molecule has 0 spiro atoms. The Hall–Kier alpha value is -1.10. The highest BCUT2D eigenvalue weighted by Gasteiger charge is 2.32. The molecule has 5 heteroatoms. The molecule has 1 aliphatic rings. The van der Waals surface area contributed by atoms with E-state index in [4.69, 9.17) is 0 Å². The number of esters is 1. The molecule has 0 N–H and O–H groups in total. The van der Waals surface area contributed by atoms with Gasteiger partial charge in [0.1, 0.15) is 0 Å². The van der Waals surface area contributed by atoms with Gasteiger partial charge in [-0.15, -0.1) is 0 Å². The Bertz CT molecular complexity index is 268. The minimum absolute atomic E-state index is 0.0183. The van der Waals surface area contributed by atoms with E-state index in [2.05, 4.69) is 4.74 Å². The number of hydrogen-bond acceptors (Lipinski definition) is 4. The highest BCUT2D eigenvalue weighted by Crippen LogP contribution is 2.13. The number of carbonyl (C=O) groups is 2. The van der Waals surface area contributed by atoms with Crippen LogP contribution < -0.4 is 0 Å². The van der Waals surface area contributed by atoms with Crippen LogP contribution in [0.15, 0.2) is 0 Å². The highest BCUT2D eigenvalue weighted by atomic mass is 16.5. The van der Waals surface area contributed by atoms with Crippen LogP contribution in [0.3, 0.4) is 0 Å². The fourth-order valence-electron chi connectivity index (χ4n) is 2.02. The van der Waals surface area contributed by atoms with Gasteiger partial charge in [-0.05, 0) is 13.0 Å². The summed E-state index contributed by atoms with van der Waals surface area (Å²) in [5, 5.41) is 0. The van der Waals surface area contributed by atoms with E-state index >= 15 is 0 Å². The zero-order chi connectivity index (χ0) is 12.1. The third-order valence-corrected chi connectivity index (χ3v) is 3.03. The number of amides is 1. The lowest BCUT2D eigenvalue weighted by Crippen LogP contribution is -2.46. The number of hydrogen-bond donors (Lipinski definition) is 0. The molecule has 0 aromatic rings. The highest BCUT2D eigenvalue weighted by molar-refractivity contribution is 5.86. The predicted molar refractivity (Wildman–Crippen MR) is 59.9 cm³/mol. The molecule has 1 saturated heterocycles. The molecule has 0 bridgehead atoms. The van der Waals surface area contributed by atoms with Crippen molar-refractivity contribution in [3.8, 4) is 0 Å². The van der Waals surface area contributed by atoms with Crippen molar-refractivity contribution in [1.82, 2.24) is 9.80 Å². The third-order valence-electron chi connectivity index (χ3n) is 3.03. The summed E-state index contributed by atoms with van der Waals surface area (Å²) in [4.78, 5) is 27.1. The smallest absolute Gasteiger partial charge is 0.307 e. The van der Waals surface area contributed by atoms with Crippen LogP contribution in [0.5, 0.6) is 0 Å². The molecule has 0 aromatic heterocycles. The van der Waals surface area contributed by atoms with E-state index in [9.17, 15) is 9.59 Å². The van der Waals surface area contributed by atoms with Gasteiger partial charge in [-0.3, -0.25) is 14.5 Å². The van der Waals surface area contributed by atoms with Crippen molar-refractivity contribution in [2.24, 2.45) is 0 Å². The van der Waals surface area contributed by atoms with Gasteiger partial charge in [0.05, 0.1) is 19.6 Å². The van der Waals surface area contributed by atoms with E-state index in [1.165, 1.54) is 7.11 Å². The molecule has 1 amide bonds. The van der Waals surface area contributed by atoms with Crippen LogP contribution in [0, 0.1) is 0 Å². The lowest BCUT2D eigenvalue weighted by Gasteiger charge is -2.27. The third kappa shape index (κ3) is 2.95. The minimum Gasteiger partial charge on any atom is -0.469 e. The van der Waals surface area contributed by atoms with Crippen LogP contribution in [-0.4, -0.2) is 61.5 Å². The molecule has 1 unspecified atom stereocenters. The molecular weight excluding hydrogens is 208 g/mol. The van der Waals surface area contributed by atoms with Crippen molar-refractivity contribution in [3.05, 3.63) is 0 Å². The molecule has 0 saturated carbocycles. The first kappa shape index (κ1) is 13.0. The second kappa shape index (κ2) is 5.84. The van der Waals surface area contributed by atoms with Gasteiger partial charge in [0.25, 0.3) is 0 Å². The zero-order valence-corrected chi connectivity index (χ0v) is 10.2. The molecule has 1 heterocycles. The Kier molecular flexibility index (Phi) is 4.73. The molecular formula is C11H20N2O3. The quantitative estimate of drug-likeness (QED) is 0.643. The van der Waals surface area contributed by atoms with Gasteiger partial charge in [0.15, 0.2) is 0 Å². The van der Waals surface area contributed by atoms with Crippen molar-refractivity contribution >= 4 is 11.9 Å². The number of rotatable bonds is 3. The largest absolute Gasteiger partial charge is 0.469 e. The number of methoxy groups -OCH3 is 1. The predicted octanol–water partition coefficient (Wildman–Crippen LogP) is 0.102. The van der Waals surface area contributed by atoms with Crippen LogP contribution in [0.2, 0.25) is 0 Å². The maximum Gasteiger partial charge on any atom is 0.307 e. The zero-order valence-electron chi connectivity index (χ0n) is 10.2. The fraction of sp³-hybridized carbons (Fsp3) is 0.818. The second-order valence-electron chi connectivity index (χ2n) is 4.04. The first-order valence-electron chi connectivity index (χ1n) is 5.66. The standard InChI is InChI=1S/C11H20N2O3/c1-4-13-7-5-6-12(2)11(15)9(13)8-10(14)16-3/h9H,4-8H2,1-3H3. The van der Waals surface area contributed by atoms with E-state index in [-0.39, 0.29) is 24.3 Å². The first-order valence-corrected chi connectivity index (χ1v) is 5.66. The van der Waals surface area contributed by atoms with Crippen molar-refractivity contribution in [1.29, 1.82) is 0 Å². The van der Waals surface area contributed by atoms with E-state index in [1.807, 2.05) is 11.8 Å². The molecule has 5 nitrogen and oxygen atoms in total. The Morgan fingerprint density at radius 2 is 2.19 bits per heavy atom. The average molecular weight is 228 g/mol. The summed E-state index contributed by atoms with van der Waals surface area (Å²) >= 11 is 0. The number of likely N-dealkylation sites (N-methyl/N-ethyl adjacent to an activating group) is 2. The van der Waals surface area contributed by atoms with E-state index in [0.717, 1.165) is 26.1 Å². The molecule has 1 rings (SSSR count). The summed E-state index contributed by atoms with van der Waals surface area (Å²) in [6, 6.07) is -0.357. The fourth-order valence-corrected chi connectivity index (χ4v) is 2.02. The molecule has 92 valence electrons. The van der Waals surface area contributed by atoms with Gasteiger partial charge < -0.3 is 9.64 Å². The van der Waals surface area contributed by atoms with Crippen LogP contribution in [0.4, 0.5) is 0 Å². The molecule has 1 atom stereocenters. The van der Waals surface area contributed by atoms with Gasteiger partial charge in [-0.25, -0.2) is 0 Å². The van der Waals surface area contributed by atoms with Gasteiger partial charge >= 0.3 is 5.97 Å². The maximum absolute atomic E-state index is 12.0. The maximum atomic E-state index is 12.0. The van der Waals surface area contributed by atoms with Gasteiger partial charge in [0.2, 0.25) is 5.91 Å². The Morgan fingerprint density at radius 1 is 1.50 bits per heavy atom. The topological polar surface area (TPSA) is 49.9 Å². The molecule has 1 aliphatic heterocycles. The summed E-state index contributed by atoms with van der Waals surface area (Å²) in [5.74, 6) is -0.308. The summed E-state index contributed by atoms with van der Waals surface area (Å²) in [6.07, 6.45) is 1.10. The molecule has 0 aromatic carbocycles. The summed E-state index contributed by atoms with van der Waals surface area (Å²) in [5.41, 5.74) is 0. The number of ether oxygens (including phenoxy) is 1. The number of nitrogens with zero attached hydrogens (tertiary/aromatic N) is 2. The normalized spacial score (nSPS) is 23.1. The van der Waals surface area contributed by atoms with Crippen molar-refractivity contribution in [3.63, 3.8) is 0 Å². The Morgan fingerprint density at radius 3 is 2.75 bits per heavy atom.